The van der Waals surface area contributed by atoms with E-state index in [0.29, 0.717) is 12.2 Å². The summed E-state index contributed by atoms with van der Waals surface area (Å²) in [5, 5.41) is 0. The highest BCUT2D eigenvalue weighted by atomic mass is 16.1. The average molecular weight is 191 g/mol. The van der Waals surface area contributed by atoms with E-state index in [2.05, 4.69) is 32.3 Å². The van der Waals surface area contributed by atoms with Crippen LogP contribution in [0.4, 0.5) is 0 Å². The van der Waals surface area contributed by atoms with Crippen LogP contribution in [0.1, 0.15) is 48.9 Å². The number of hydrogen-bond acceptors (Lipinski definition) is 1. The Bertz CT molecular complexity index is 393. The maximum absolute atomic E-state index is 11.5. The lowest BCUT2D eigenvalue weighted by molar-refractivity contribution is 0.0994. The van der Waals surface area contributed by atoms with E-state index in [1.54, 1.807) is 0 Å². The van der Waals surface area contributed by atoms with Crippen LogP contribution in [-0.4, -0.2) is 10.4 Å². The van der Waals surface area contributed by atoms with Crippen molar-refractivity contribution in [1.82, 2.24) is 4.57 Å². The largest absolute Gasteiger partial charge is 0.343 e. The third kappa shape index (κ3) is 1.21. The van der Waals surface area contributed by atoms with Crippen molar-refractivity contribution in [1.29, 1.82) is 0 Å². The number of carbonyl (C=O) groups is 1. The van der Waals surface area contributed by atoms with Gasteiger partial charge in [-0.15, -0.1) is 0 Å². The fraction of sp³-hybridized carbons (Fsp3) is 0.583. The molecule has 2 heteroatoms. The summed E-state index contributed by atoms with van der Waals surface area (Å²) in [6.07, 6.45) is 1.61. The summed E-state index contributed by atoms with van der Waals surface area (Å²) in [7, 11) is 0. The zero-order valence-corrected chi connectivity index (χ0v) is 9.35. The second-order valence-corrected chi connectivity index (χ2v) is 5.08. The van der Waals surface area contributed by atoms with E-state index in [0.717, 1.165) is 12.0 Å². The van der Waals surface area contributed by atoms with E-state index < -0.39 is 0 Å². The SMILES string of the molecule is Cc1cc2c(n1C(C)(C)C)CCC2=O. The summed E-state index contributed by atoms with van der Waals surface area (Å²) < 4.78 is 2.30. The number of rotatable bonds is 0. The van der Waals surface area contributed by atoms with Gasteiger partial charge in [-0.1, -0.05) is 0 Å². The number of aromatic nitrogens is 1. The van der Waals surface area contributed by atoms with E-state index >= 15 is 0 Å². The maximum atomic E-state index is 11.5. The standard InChI is InChI=1S/C12H17NO/c1-8-7-9-10(5-6-11(9)14)13(8)12(2,3)4/h7H,5-6H2,1-4H3. The Labute approximate surface area is 84.9 Å². The van der Waals surface area contributed by atoms with Crippen molar-refractivity contribution < 1.29 is 4.79 Å². The van der Waals surface area contributed by atoms with Crippen LogP contribution in [-0.2, 0) is 12.0 Å². The summed E-state index contributed by atoms with van der Waals surface area (Å²) in [6, 6.07) is 2.04. The lowest BCUT2D eigenvalue weighted by Crippen LogP contribution is -2.24. The zero-order chi connectivity index (χ0) is 10.5. The van der Waals surface area contributed by atoms with E-state index in [1.165, 1.54) is 11.4 Å². The van der Waals surface area contributed by atoms with Gasteiger partial charge < -0.3 is 4.57 Å². The monoisotopic (exact) mass is 191 g/mol. The van der Waals surface area contributed by atoms with Gasteiger partial charge in [-0.05, 0) is 40.2 Å². The molecule has 2 rings (SSSR count). The van der Waals surface area contributed by atoms with Crippen LogP contribution in [0.15, 0.2) is 6.07 Å². The molecular formula is C12H17NO. The Balaban J connectivity index is 2.63. The van der Waals surface area contributed by atoms with Crippen LogP contribution < -0.4 is 0 Å². The summed E-state index contributed by atoms with van der Waals surface area (Å²) in [5.41, 5.74) is 3.48. The first-order valence-electron chi connectivity index (χ1n) is 5.16. The molecule has 0 unspecified atom stereocenters. The Kier molecular flexibility index (Phi) is 1.85. The summed E-state index contributed by atoms with van der Waals surface area (Å²) >= 11 is 0. The molecule has 1 aliphatic rings. The summed E-state index contributed by atoms with van der Waals surface area (Å²) in [6.45, 7) is 8.63. The Hall–Kier alpha value is -1.05. The summed E-state index contributed by atoms with van der Waals surface area (Å²) in [4.78, 5) is 11.5. The van der Waals surface area contributed by atoms with Crippen LogP contribution >= 0.6 is 0 Å². The number of nitrogens with zero attached hydrogens (tertiary/aromatic N) is 1. The van der Waals surface area contributed by atoms with Gasteiger partial charge in [0, 0.05) is 28.9 Å². The first kappa shape index (κ1) is 9.50. The van der Waals surface area contributed by atoms with Gasteiger partial charge in [0.1, 0.15) is 0 Å². The number of Topliss-reactive ketones (excluding diaryl/α,β-unsaturated/α-hetero) is 1. The predicted octanol–water partition coefficient (Wildman–Crippen LogP) is 2.68. The van der Waals surface area contributed by atoms with Crippen LogP contribution in [0.25, 0.3) is 0 Å². The molecule has 0 aromatic carbocycles. The second kappa shape index (κ2) is 2.72. The Morgan fingerprint density at radius 3 is 2.50 bits per heavy atom. The van der Waals surface area contributed by atoms with E-state index in [1.807, 2.05) is 6.07 Å². The highest BCUT2D eigenvalue weighted by molar-refractivity contribution is 6.00. The Morgan fingerprint density at radius 2 is 1.93 bits per heavy atom. The lowest BCUT2D eigenvalue weighted by Gasteiger charge is -2.26. The second-order valence-electron chi connectivity index (χ2n) is 5.08. The molecular weight excluding hydrogens is 174 g/mol. The third-order valence-electron chi connectivity index (χ3n) is 2.85. The molecule has 0 spiro atoms. The first-order chi connectivity index (χ1) is 6.41. The highest BCUT2D eigenvalue weighted by Gasteiger charge is 2.28. The van der Waals surface area contributed by atoms with Crippen molar-refractivity contribution in [2.45, 2.75) is 46.1 Å². The quantitative estimate of drug-likeness (QED) is 0.618. The van der Waals surface area contributed by atoms with Crippen LogP contribution in [0.3, 0.4) is 0 Å². The molecule has 2 nitrogen and oxygen atoms in total. The normalized spacial score (nSPS) is 16.1. The number of fused-ring (bicyclic) bond motifs is 1. The topological polar surface area (TPSA) is 22.0 Å². The van der Waals surface area contributed by atoms with Gasteiger partial charge >= 0.3 is 0 Å². The molecule has 0 aliphatic heterocycles. The van der Waals surface area contributed by atoms with Crippen molar-refractivity contribution in [3.63, 3.8) is 0 Å². The molecule has 1 aromatic rings. The minimum absolute atomic E-state index is 0.0856. The zero-order valence-electron chi connectivity index (χ0n) is 9.35. The van der Waals surface area contributed by atoms with E-state index in [-0.39, 0.29) is 5.54 Å². The molecule has 14 heavy (non-hydrogen) atoms. The fourth-order valence-corrected chi connectivity index (χ4v) is 2.48. The van der Waals surface area contributed by atoms with Crippen molar-refractivity contribution in [3.8, 4) is 0 Å². The van der Waals surface area contributed by atoms with Gasteiger partial charge in [-0.2, -0.15) is 0 Å². The predicted molar refractivity (Wildman–Crippen MR) is 56.8 cm³/mol. The smallest absolute Gasteiger partial charge is 0.165 e. The first-order valence-corrected chi connectivity index (χ1v) is 5.16. The molecule has 0 atom stereocenters. The van der Waals surface area contributed by atoms with E-state index in [4.69, 9.17) is 0 Å². The van der Waals surface area contributed by atoms with Gasteiger partial charge in [0.2, 0.25) is 0 Å². The highest BCUT2D eigenvalue weighted by Crippen LogP contribution is 2.30. The van der Waals surface area contributed by atoms with Crippen molar-refractivity contribution in [2.75, 3.05) is 0 Å². The molecule has 76 valence electrons. The molecule has 0 saturated carbocycles. The number of hydrogen-bond donors (Lipinski definition) is 0. The van der Waals surface area contributed by atoms with Gasteiger partial charge in [0.15, 0.2) is 5.78 Å². The van der Waals surface area contributed by atoms with Crippen LogP contribution in [0.2, 0.25) is 0 Å². The van der Waals surface area contributed by atoms with Gasteiger partial charge in [0.05, 0.1) is 0 Å². The number of ketones is 1. The lowest BCUT2D eigenvalue weighted by atomic mass is 10.1. The summed E-state index contributed by atoms with van der Waals surface area (Å²) in [5.74, 6) is 0.311. The Morgan fingerprint density at radius 1 is 1.29 bits per heavy atom. The van der Waals surface area contributed by atoms with Gasteiger partial charge in [-0.25, -0.2) is 0 Å². The average Bonchev–Trinajstić information content (AvgIpc) is 2.49. The molecule has 0 saturated heterocycles. The number of aryl methyl sites for hydroxylation is 1. The molecule has 0 N–H and O–H groups in total. The minimum atomic E-state index is 0.0856. The van der Waals surface area contributed by atoms with Crippen molar-refractivity contribution >= 4 is 5.78 Å². The molecule has 1 heterocycles. The fourth-order valence-electron chi connectivity index (χ4n) is 2.48. The van der Waals surface area contributed by atoms with E-state index in [9.17, 15) is 4.79 Å². The third-order valence-corrected chi connectivity index (χ3v) is 2.85. The van der Waals surface area contributed by atoms with Crippen LogP contribution in [0, 0.1) is 6.92 Å². The molecule has 0 radical (unpaired) electrons. The molecule has 1 aliphatic carbocycles. The molecule has 0 fully saturated rings. The maximum Gasteiger partial charge on any atom is 0.165 e. The molecule has 0 bridgehead atoms. The van der Waals surface area contributed by atoms with Gasteiger partial charge in [-0.3, -0.25) is 4.79 Å². The number of carbonyl (C=O) groups excluding carboxylic acids is 1. The van der Waals surface area contributed by atoms with Crippen LogP contribution in [0.5, 0.6) is 0 Å². The van der Waals surface area contributed by atoms with Crippen molar-refractivity contribution in [3.05, 3.63) is 23.0 Å². The minimum Gasteiger partial charge on any atom is -0.343 e. The van der Waals surface area contributed by atoms with Crippen molar-refractivity contribution in [2.24, 2.45) is 0 Å². The molecule has 0 amide bonds. The molecule has 1 aromatic heterocycles. The van der Waals surface area contributed by atoms with Gasteiger partial charge in [0.25, 0.3) is 0 Å².